The first kappa shape index (κ1) is 17.0. The lowest BCUT2D eigenvalue weighted by Gasteiger charge is -2.14. The van der Waals surface area contributed by atoms with Gasteiger partial charge in [0.25, 0.3) is 0 Å². The number of carbonyl (C=O) groups excluding carboxylic acids is 1. The number of hydrogen-bond acceptors (Lipinski definition) is 2. The molecule has 1 atom stereocenters. The summed E-state index contributed by atoms with van der Waals surface area (Å²) in [6.07, 6.45) is 1.07. The molecule has 0 saturated carbocycles. The molecule has 2 aromatic carbocycles. The van der Waals surface area contributed by atoms with Crippen molar-refractivity contribution in [3.8, 4) is 0 Å². The third kappa shape index (κ3) is 5.75. The maximum atomic E-state index is 12.0. The van der Waals surface area contributed by atoms with Crippen molar-refractivity contribution in [2.45, 2.75) is 25.3 Å². The molecule has 0 aromatic heterocycles. The summed E-state index contributed by atoms with van der Waals surface area (Å²) in [5.74, 6) is -1.32. The molecular weight excluding hydrogens is 314 g/mol. The number of carboxylic acids is 1. The molecule has 0 aliphatic carbocycles. The van der Waals surface area contributed by atoms with E-state index in [1.807, 2.05) is 30.3 Å². The predicted octanol–water partition coefficient (Wildman–Crippen LogP) is 3.08. The third-order valence-corrected chi connectivity index (χ3v) is 3.72. The van der Waals surface area contributed by atoms with E-state index in [0.29, 0.717) is 11.4 Å². The van der Waals surface area contributed by atoms with Crippen molar-refractivity contribution in [1.82, 2.24) is 5.32 Å². The van der Waals surface area contributed by atoms with Crippen LogP contribution in [-0.4, -0.2) is 23.0 Å². The topological polar surface area (TPSA) is 66.4 Å². The number of benzene rings is 2. The Morgan fingerprint density at radius 2 is 1.65 bits per heavy atom. The quantitative estimate of drug-likeness (QED) is 0.819. The molecule has 0 spiro atoms. The Bertz CT molecular complexity index is 656. The highest BCUT2D eigenvalue weighted by atomic mass is 35.5. The molecule has 2 rings (SSSR count). The van der Waals surface area contributed by atoms with Crippen molar-refractivity contribution in [3.05, 3.63) is 70.7 Å². The molecule has 4 nitrogen and oxygen atoms in total. The first-order chi connectivity index (χ1) is 11.0. The van der Waals surface area contributed by atoms with Gasteiger partial charge in [-0.25, -0.2) is 4.79 Å². The van der Waals surface area contributed by atoms with E-state index in [0.717, 1.165) is 11.1 Å². The fourth-order valence-electron chi connectivity index (χ4n) is 2.23. The van der Waals surface area contributed by atoms with E-state index in [1.165, 1.54) is 0 Å². The van der Waals surface area contributed by atoms with Gasteiger partial charge in [-0.3, -0.25) is 4.79 Å². The van der Waals surface area contributed by atoms with Crippen LogP contribution in [0.25, 0.3) is 0 Å². The first-order valence-electron chi connectivity index (χ1n) is 7.35. The molecule has 23 heavy (non-hydrogen) atoms. The van der Waals surface area contributed by atoms with E-state index in [1.54, 1.807) is 24.3 Å². The summed E-state index contributed by atoms with van der Waals surface area (Å²) in [5.41, 5.74) is 1.86. The number of carbonyl (C=O) groups is 2. The van der Waals surface area contributed by atoms with Gasteiger partial charge in [0.2, 0.25) is 5.91 Å². The minimum absolute atomic E-state index is 0.226. The summed E-state index contributed by atoms with van der Waals surface area (Å²) in [5, 5.41) is 12.5. The Kier molecular flexibility index (Phi) is 6.18. The van der Waals surface area contributed by atoms with E-state index < -0.39 is 12.0 Å². The molecule has 2 N–H and O–H groups in total. The van der Waals surface area contributed by atoms with Crippen molar-refractivity contribution in [3.63, 3.8) is 0 Å². The molecular formula is C18H18ClNO3. The van der Waals surface area contributed by atoms with Crippen LogP contribution in [-0.2, 0) is 22.4 Å². The summed E-state index contributed by atoms with van der Waals surface area (Å²) in [4.78, 5) is 23.3. The zero-order chi connectivity index (χ0) is 16.7. The summed E-state index contributed by atoms with van der Waals surface area (Å²) < 4.78 is 0. The maximum absolute atomic E-state index is 12.0. The Morgan fingerprint density at radius 3 is 2.26 bits per heavy atom. The molecule has 0 saturated heterocycles. The van der Waals surface area contributed by atoms with Crippen LogP contribution in [0.5, 0.6) is 0 Å². The smallest absolute Gasteiger partial charge is 0.326 e. The van der Waals surface area contributed by atoms with Gasteiger partial charge < -0.3 is 10.4 Å². The van der Waals surface area contributed by atoms with E-state index in [4.69, 9.17) is 11.6 Å². The lowest BCUT2D eigenvalue weighted by molar-refractivity contribution is -0.141. The minimum atomic E-state index is -1.05. The fraction of sp³-hybridized carbons (Fsp3) is 0.222. The van der Waals surface area contributed by atoms with Gasteiger partial charge in [0.05, 0.1) is 0 Å². The lowest BCUT2D eigenvalue weighted by atomic mass is 10.1. The average molecular weight is 332 g/mol. The van der Waals surface area contributed by atoms with Crippen LogP contribution in [0.15, 0.2) is 54.6 Å². The zero-order valence-corrected chi connectivity index (χ0v) is 13.3. The largest absolute Gasteiger partial charge is 0.480 e. The third-order valence-electron chi connectivity index (χ3n) is 3.47. The van der Waals surface area contributed by atoms with E-state index in [9.17, 15) is 14.7 Å². The highest BCUT2D eigenvalue weighted by Gasteiger charge is 2.20. The molecule has 0 aliphatic rings. The number of aliphatic carboxylic acids is 1. The second kappa shape index (κ2) is 8.34. The summed E-state index contributed by atoms with van der Waals surface area (Å²) >= 11 is 5.81. The van der Waals surface area contributed by atoms with Gasteiger partial charge in [-0.15, -0.1) is 0 Å². The highest BCUT2D eigenvalue weighted by molar-refractivity contribution is 6.30. The molecule has 120 valence electrons. The van der Waals surface area contributed by atoms with Gasteiger partial charge in [0.1, 0.15) is 6.04 Å². The average Bonchev–Trinajstić information content (AvgIpc) is 2.55. The number of halogens is 1. The molecule has 0 heterocycles. The number of rotatable bonds is 7. The van der Waals surface area contributed by atoms with Gasteiger partial charge in [0, 0.05) is 17.9 Å². The Hall–Kier alpha value is -2.33. The monoisotopic (exact) mass is 331 g/mol. The Labute approximate surface area is 140 Å². The second-order valence-corrected chi connectivity index (χ2v) is 5.71. The van der Waals surface area contributed by atoms with Gasteiger partial charge in [0.15, 0.2) is 0 Å². The SMILES string of the molecule is O=C(CCc1ccccc1)N[C@H](Cc1ccc(Cl)cc1)C(=O)O. The fourth-order valence-corrected chi connectivity index (χ4v) is 2.35. The second-order valence-electron chi connectivity index (χ2n) is 5.27. The minimum Gasteiger partial charge on any atom is -0.480 e. The van der Waals surface area contributed by atoms with Crippen molar-refractivity contribution in [2.75, 3.05) is 0 Å². The van der Waals surface area contributed by atoms with Gasteiger partial charge in [-0.2, -0.15) is 0 Å². The standard InChI is InChI=1S/C18H18ClNO3/c19-15-9-6-14(7-10-15)12-16(18(22)23)20-17(21)11-8-13-4-2-1-3-5-13/h1-7,9-10,16H,8,11-12H2,(H,20,21)(H,22,23)/t16-/m1/s1. The lowest BCUT2D eigenvalue weighted by Crippen LogP contribution is -2.42. The van der Waals surface area contributed by atoms with E-state index >= 15 is 0 Å². The van der Waals surface area contributed by atoms with Crippen LogP contribution in [0.3, 0.4) is 0 Å². The van der Waals surface area contributed by atoms with Crippen LogP contribution in [0.1, 0.15) is 17.5 Å². The van der Waals surface area contributed by atoms with E-state index in [2.05, 4.69) is 5.32 Å². The maximum Gasteiger partial charge on any atom is 0.326 e. The zero-order valence-electron chi connectivity index (χ0n) is 12.5. The number of nitrogens with one attached hydrogen (secondary N) is 1. The number of carboxylic acid groups (broad SMARTS) is 1. The van der Waals surface area contributed by atoms with Gasteiger partial charge in [-0.1, -0.05) is 54.1 Å². The molecule has 0 bridgehead atoms. The molecule has 1 amide bonds. The van der Waals surface area contributed by atoms with Gasteiger partial charge in [-0.05, 0) is 29.7 Å². The van der Waals surface area contributed by atoms with Crippen LogP contribution >= 0.6 is 11.6 Å². The van der Waals surface area contributed by atoms with Crippen LogP contribution < -0.4 is 5.32 Å². The highest BCUT2D eigenvalue weighted by Crippen LogP contribution is 2.11. The molecule has 5 heteroatoms. The summed E-state index contributed by atoms with van der Waals surface area (Å²) in [6.45, 7) is 0. The number of amides is 1. The first-order valence-corrected chi connectivity index (χ1v) is 7.73. The predicted molar refractivity (Wildman–Crippen MR) is 89.5 cm³/mol. The number of hydrogen-bond donors (Lipinski definition) is 2. The Morgan fingerprint density at radius 1 is 1.00 bits per heavy atom. The van der Waals surface area contributed by atoms with Crippen molar-refractivity contribution in [1.29, 1.82) is 0 Å². The Balaban J connectivity index is 1.89. The molecule has 0 fully saturated rings. The summed E-state index contributed by atoms with van der Waals surface area (Å²) in [7, 11) is 0. The van der Waals surface area contributed by atoms with Crippen molar-refractivity contribution in [2.24, 2.45) is 0 Å². The molecule has 2 aromatic rings. The van der Waals surface area contributed by atoms with Crippen molar-refractivity contribution < 1.29 is 14.7 Å². The van der Waals surface area contributed by atoms with Crippen LogP contribution in [0, 0.1) is 0 Å². The van der Waals surface area contributed by atoms with Gasteiger partial charge >= 0.3 is 5.97 Å². The number of aryl methyl sites for hydroxylation is 1. The van der Waals surface area contributed by atoms with Crippen LogP contribution in [0.2, 0.25) is 5.02 Å². The van der Waals surface area contributed by atoms with Crippen molar-refractivity contribution >= 4 is 23.5 Å². The molecule has 0 aliphatic heterocycles. The molecule has 0 unspecified atom stereocenters. The molecule has 0 radical (unpaired) electrons. The van der Waals surface area contributed by atoms with E-state index in [-0.39, 0.29) is 18.7 Å². The van der Waals surface area contributed by atoms with Crippen LogP contribution in [0.4, 0.5) is 0 Å². The normalized spacial score (nSPS) is 11.7. The summed E-state index contributed by atoms with van der Waals surface area (Å²) in [6, 6.07) is 15.6.